The smallest absolute Gasteiger partial charge is 0.171 e. The summed E-state index contributed by atoms with van der Waals surface area (Å²) >= 11 is 1.55. The van der Waals surface area contributed by atoms with Crippen molar-refractivity contribution in [1.82, 2.24) is 0 Å². The molecule has 2 aliphatic rings. The lowest BCUT2D eigenvalue weighted by atomic mass is 9.98. The van der Waals surface area contributed by atoms with Crippen molar-refractivity contribution in [2.24, 2.45) is 5.92 Å². The Balaban J connectivity index is 1.95. The molecule has 2 aliphatic carbocycles. The number of Topliss-reactive ketones (excluding diaryl/α,β-unsaturated/α-hetero) is 1. The summed E-state index contributed by atoms with van der Waals surface area (Å²) < 4.78 is 0. The normalized spacial score (nSPS) is 19.5. The Bertz CT molecular complexity index is 524. The van der Waals surface area contributed by atoms with Gasteiger partial charge in [0.15, 0.2) is 5.78 Å². The van der Waals surface area contributed by atoms with Crippen molar-refractivity contribution in [1.29, 1.82) is 0 Å². The van der Waals surface area contributed by atoms with Gasteiger partial charge in [-0.2, -0.15) is 0 Å². The maximum absolute atomic E-state index is 11.7. The molecule has 0 saturated heterocycles. The van der Waals surface area contributed by atoms with Crippen LogP contribution < -0.4 is 11.1 Å². The molecule has 2 fully saturated rings. The number of hydrogen-bond acceptors (Lipinski definition) is 4. The van der Waals surface area contributed by atoms with Crippen molar-refractivity contribution < 1.29 is 4.79 Å². The number of nitrogen functional groups attached to an aromatic ring is 1. The van der Waals surface area contributed by atoms with Gasteiger partial charge in [0, 0.05) is 18.0 Å². The van der Waals surface area contributed by atoms with Crippen molar-refractivity contribution in [2.75, 3.05) is 11.1 Å². The molecule has 0 unspecified atom stereocenters. The maximum Gasteiger partial charge on any atom is 0.171 e. The van der Waals surface area contributed by atoms with Crippen LogP contribution in [0.15, 0.2) is 0 Å². The second-order valence-corrected chi connectivity index (χ2v) is 7.56. The van der Waals surface area contributed by atoms with Crippen LogP contribution in [0.5, 0.6) is 0 Å². The quantitative estimate of drug-likeness (QED) is 0.800. The molecule has 3 N–H and O–H groups in total. The van der Waals surface area contributed by atoms with Crippen molar-refractivity contribution in [3.63, 3.8) is 0 Å². The summed E-state index contributed by atoms with van der Waals surface area (Å²) in [6.07, 6.45) is 5.02. The summed E-state index contributed by atoms with van der Waals surface area (Å²) in [6, 6.07) is 0. The summed E-state index contributed by atoms with van der Waals surface area (Å²) in [5, 5.41) is 4.81. The van der Waals surface area contributed by atoms with E-state index in [9.17, 15) is 4.79 Å². The zero-order valence-corrected chi connectivity index (χ0v) is 12.7. The monoisotopic (exact) mass is 278 g/mol. The van der Waals surface area contributed by atoms with Crippen molar-refractivity contribution in [3.8, 4) is 0 Å². The minimum atomic E-state index is 0.0849. The average molecular weight is 278 g/mol. The molecule has 1 heterocycles. The molecular weight excluding hydrogens is 256 g/mol. The highest BCUT2D eigenvalue weighted by Crippen LogP contribution is 2.52. The van der Waals surface area contributed by atoms with Gasteiger partial charge in [-0.1, -0.05) is 0 Å². The Morgan fingerprint density at radius 3 is 2.42 bits per heavy atom. The van der Waals surface area contributed by atoms with Gasteiger partial charge in [-0.05, 0) is 51.4 Å². The maximum atomic E-state index is 11.7. The van der Waals surface area contributed by atoms with Gasteiger partial charge in [0.1, 0.15) is 0 Å². The second kappa shape index (κ2) is 4.23. The number of rotatable bonds is 5. The third-order valence-corrected chi connectivity index (χ3v) is 5.56. The molecule has 0 atom stereocenters. The van der Waals surface area contributed by atoms with Crippen LogP contribution in [0.2, 0.25) is 0 Å². The fraction of sp³-hybridized carbons (Fsp3) is 0.667. The lowest BCUT2D eigenvalue weighted by Gasteiger charge is -2.27. The minimum absolute atomic E-state index is 0.0849. The van der Waals surface area contributed by atoms with E-state index in [0.717, 1.165) is 21.5 Å². The molecule has 19 heavy (non-hydrogen) atoms. The van der Waals surface area contributed by atoms with Crippen molar-refractivity contribution >= 4 is 27.8 Å². The summed E-state index contributed by atoms with van der Waals surface area (Å²) in [5.41, 5.74) is 8.25. The van der Waals surface area contributed by atoms with Gasteiger partial charge in [-0.25, -0.2) is 0 Å². The van der Waals surface area contributed by atoms with Gasteiger partial charge < -0.3 is 11.1 Å². The predicted molar refractivity (Wildman–Crippen MR) is 81.1 cm³/mol. The zero-order chi connectivity index (χ0) is 13.8. The first kappa shape index (κ1) is 13.0. The van der Waals surface area contributed by atoms with Crippen LogP contribution in [0.1, 0.15) is 67.6 Å². The van der Waals surface area contributed by atoms with Crippen LogP contribution in [-0.4, -0.2) is 11.3 Å². The third kappa shape index (κ3) is 2.38. The third-order valence-electron chi connectivity index (χ3n) is 4.32. The van der Waals surface area contributed by atoms with E-state index in [1.54, 1.807) is 18.3 Å². The molecule has 3 rings (SSSR count). The number of thiophene rings is 1. The molecule has 4 heteroatoms. The highest BCUT2D eigenvalue weighted by Gasteiger charge is 2.40. The molecule has 3 nitrogen and oxygen atoms in total. The molecule has 0 aromatic carbocycles. The number of carbonyl (C=O) groups excluding carboxylic acids is 1. The topological polar surface area (TPSA) is 55.1 Å². The van der Waals surface area contributed by atoms with E-state index in [2.05, 4.69) is 19.2 Å². The molecule has 1 aromatic rings. The number of nitrogens with two attached hydrogens (primary N) is 1. The van der Waals surface area contributed by atoms with E-state index >= 15 is 0 Å². The Labute approximate surface area is 118 Å². The molecule has 0 radical (unpaired) electrons. The molecule has 1 aromatic heterocycles. The van der Waals surface area contributed by atoms with Crippen LogP contribution >= 0.6 is 11.3 Å². The largest absolute Gasteiger partial charge is 0.397 e. The summed E-state index contributed by atoms with van der Waals surface area (Å²) in [6.45, 7) is 6.12. The Kier molecular flexibility index (Phi) is 2.89. The van der Waals surface area contributed by atoms with E-state index in [1.807, 2.05) is 0 Å². The van der Waals surface area contributed by atoms with E-state index in [0.29, 0.717) is 5.92 Å². The van der Waals surface area contributed by atoms with Gasteiger partial charge >= 0.3 is 0 Å². The first-order chi connectivity index (χ1) is 8.90. The van der Waals surface area contributed by atoms with Gasteiger partial charge in [-0.15, -0.1) is 11.3 Å². The lowest BCUT2D eigenvalue weighted by Crippen LogP contribution is -2.33. The van der Waals surface area contributed by atoms with Gasteiger partial charge in [0.25, 0.3) is 0 Å². The van der Waals surface area contributed by atoms with Crippen molar-refractivity contribution in [3.05, 3.63) is 10.4 Å². The predicted octanol–water partition coefficient (Wildman–Crippen LogP) is 4.01. The second-order valence-electron chi connectivity index (χ2n) is 6.54. The van der Waals surface area contributed by atoms with Crippen LogP contribution in [0.25, 0.3) is 0 Å². The summed E-state index contributed by atoms with van der Waals surface area (Å²) in [4.78, 5) is 12.4. The van der Waals surface area contributed by atoms with E-state index in [1.165, 1.54) is 31.2 Å². The van der Waals surface area contributed by atoms with Crippen LogP contribution in [0.3, 0.4) is 0 Å². The molecule has 0 spiro atoms. The Morgan fingerprint density at radius 2 is 1.95 bits per heavy atom. The number of carbonyl (C=O) groups is 1. The fourth-order valence-corrected chi connectivity index (χ4v) is 4.06. The van der Waals surface area contributed by atoms with E-state index < -0.39 is 0 Å². The standard InChI is InChI=1S/C15H22N2OS/c1-8(18)13-12(16)11(9-4-5-9)14(19-13)17-15(2,3)10-6-7-10/h9-10,17H,4-7,16H2,1-3H3. The Hall–Kier alpha value is -1.03. The van der Waals surface area contributed by atoms with Gasteiger partial charge in [0.2, 0.25) is 0 Å². The Morgan fingerprint density at radius 1 is 1.32 bits per heavy atom. The first-order valence-corrected chi connectivity index (χ1v) is 7.93. The highest BCUT2D eigenvalue weighted by molar-refractivity contribution is 7.18. The van der Waals surface area contributed by atoms with Crippen molar-refractivity contribution in [2.45, 2.75) is 57.9 Å². The minimum Gasteiger partial charge on any atom is -0.397 e. The fourth-order valence-electron chi connectivity index (χ4n) is 2.79. The SMILES string of the molecule is CC(=O)c1sc(NC(C)(C)C2CC2)c(C2CC2)c1N. The number of ketones is 1. The zero-order valence-electron chi connectivity index (χ0n) is 11.9. The molecule has 104 valence electrons. The van der Waals surface area contributed by atoms with Crippen LogP contribution in [0, 0.1) is 5.92 Å². The summed E-state index contributed by atoms with van der Waals surface area (Å²) in [7, 11) is 0. The van der Waals surface area contributed by atoms with E-state index in [-0.39, 0.29) is 11.3 Å². The molecule has 2 saturated carbocycles. The average Bonchev–Trinajstić information content (AvgIpc) is 3.16. The molecule has 0 aliphatic heterocycles. The summed E-state index contributed by atoms with van der Waals surface area (Å²) in [5.74, 6) is 1.41. The number of anilines is 2. The van der Waals surface area contributed by atoms with Gasteiger partial charge in [-0.3, -0.25) is 4.79 Å². The van der Waals surface area contributed by atoms with Gasteiger partial charge in [0.05, 0.1) is 15.6 Å². The first-order valence-electron chi connectivity index (χ1n) is 7.11. The van der Waals surface area contributed by atoms with Crippen LogP contribution in [0.4, 0.5) is 10.7 Å². The highest BCUT2D eigenvalue weighted by atomic mass is 32.1. The number of hydrogen-bond donors (Lipinski definition) is 2. The molecule has 0 bridgehead atoms. The van der Waals surface area contributed by atoms with E-state index in [4.69, 9.17) is 5.73 Å². The lowest BCUT2D eigenvalue weighted by molar-refractivity contribution is 0.102. The molecule has 0 amide bonds. The number of nitrogens with one attached hydrogen (secondary N) is 1. The van der Waals surface area contributed by atoms with Crippen LogP contribution in [-0.2, 0) is 0 Å². The molecular formula is C15H22N2OS.